The Labute approximate surface area is 169 Å². The monoisotopic (exact) mass is 394 g/mol. The van der Waals surface area contributed by atoms with E-state index >= 15 is 0 Å². The van der Waals surface area contributed by atoms with Crippen molar-refractivity contribution in [2.24, 2.45) is 0 Å². The number of carbonyl (C=O) groups is 2. The van der Waals surface area contributed by atoms with Crippen LogP contribution in [-0.4, -0.2) is 39.7 Å². The van der Waals surface area contributed by atoms with Crippen LogP contribution in [-0.2, 0) is 11.2 Å². The lowest BCUT2D eigenvalue weighted by molar-refractivity contribution is 0.0501. The molecule has 0 saturated heterocycles. The molecular weight excluding hydrogens is 372 g/mol. The Morgan fingerprint density at radius 2 is 1.52 bits per heavy atom. The van der Waals surface area contributed by atoms with Crippen LogP contribution in [0.3, 0.4) is 0 Å². The molecule has 0 saturated carbocycles. The molecule has 2 aromatic carbocycles. The van der Waals surface area contributed by atoms with Gasteiger partial charge in [0.15, 0.2) is 18.4 Å². The zero-order chi connectivity index (χ0) is 20.7. The molecule has 29 heavy (non-hydrogen) atoms. The van der Waals surface area contributed by atoms with Crippen LogP contribution in [0.15, 0.2) is 29.8 Å². The molecule has 0 atom stereocenters. The molecule has 0 N–H and O–H groups in total. The van der Waals surface area contributed by atoms with E-state index in [4.69, 9.17) is 18.9 Å². The first-order chi connectivity index (χ1) is 14.0. The van der Waals surface area contributed by atoms with Gasteiger partial charge < -0.3 is 18.9 Å². The largest absolute Gasteiger partial charge is 0.496 e. The van der Waals surface area contributed by atoms with Crippen molar-refractivity contribution in [1.82, 2.24) is 0 Å². The number of rotatable bonds is 5. The predicted octanol–water partition coefficient (Wildman–Crippen LogP) is 3.77. The van der Waals surface area contributed by atoms with Gasteiger partial charge in [-0.2, -0.15) is 0 Å². The number of methoxy groups -OCH3 is 3. The van der Waals surface area contributed by atoms with Gasteiger partial charge in [-0.15, -0.1) is 0 Å². The van der Waals surface area contributed by atoms with Crippen LogP contribution in [0.1, 0.15) is 43.8 Å². The van der Waals surface area contributed by atoms with Crippen LogP contribution in [0.4, 0.5) is 0 Å². The molecular formula is C23H22O6. The number of ketones is 2. The highest BCUT2D eigenvalue weighted by Crippen LogP contribution is 2.47. The fourth-order valence-corrected chi connectivity index (χ4v) is 4.18. The molecule has 0 heterocycles. The Morgan fingerprint density at radius 1 is 0.828 bits per heavy atom. The van der Waals surface area contributed by atoms with Crippen LogP contribution in [0.2, 0.25) is 0 Å². The Morgan fingerprint density at radius 3 is 2.21 bits per heavy atom. The average molecular weight is 394 g/mol. The molecule has 0 fully saturated rings. The lowest BCUT2D eigenvalue weighted by atomic mass is 9.73. The minimum Gasteiger partial charge on any atom is -0.496 e. The molecule has 6 heteroatoms. The number of fused-ring (bicyclic) bond motifs is 3. The van der Waals surface area contributed by atoms with E-state index in [0.29, 0.717) is 46.8 Å². The molecule has 6 nitrogen and oxygen atoms in total. The highest BCUT2D eigenvalue weighted by atomic mass is 16.7. The minimum atomic E-state index is -0.252. The summed E-state index contributed by atoms with van der Waals surface area (Å²) in [6, 6.07) is 7.20. The van der Waals surface area contributed by atoms with E-state index in [1.165, 1.54) is 14.2 Å². The highest BCUT2D eigenvalue weighted by Gasteiger charge is 2.40. The molecule has 2 aliphatic carbocycles. The van der Waals surface area contributed by atoms with Gasteiger partial charge in [-0.1, -0.05) is 6.07 Å². The minimum absolute atomic E-state index is 0.0257. The summed E-state index contributed by atoms with van der Waals surface area (Å²) in [5.41, 5.74) is 4.12. The lowest BCUT2D eigenvalue weighted by Crippen LogP contribution is -2.26. The van der Waals surface area contributed by atoms with Crippen molar-refractivity contribution in [3.05, 3.63) is 57.7 Å². The van der Waals surface area contributed by atoms with Crippen LogP contribution in [0.25, 0.3) is 5.57 Å². The van der Waals surface area contributed by atoms with Gasteiger partial charge in [0.05, 0.1) is 25.3 Å². The molecule has 2 aromatic rings. The number of carbonyl (C=O) groups excluding carboxylic acids is 2. The van der Waals surface area contributed by atoms with Crippen LogP contribution < -0.4 is 14.2 Å². The summed E-state index contributed by atoms with van der Waals surface area (Å²) in [7, 11) is 4.55. The van der Waals surface area contributed by atoms with Crippen molar-refractivity contribution >= 4 is 17.1 Å². The van der Waals surface area contributed by atoms with Gasteiger partial charge in [0.25, 0.3) is 0 Å². The zero-order valence-electron chi connectivity index (χ0n) is 16.9. The van der Waals surface area contributed by atoms with Crippen molar-refractivity contribution in [3.8, 4) is 17.2 Å². The van der Waals surface area contributed by atoms with Crippen molar-refractivity contribution in [2.75, 3.05) is 28.1 Å². The van der Waals surface area contributed by atoms with E-state index < -0.39 is 0 Å². The molecule has 0 aliphatic heterocycles. The standard InChI is InChI=1S/C23H22O6/c1-12-9-13-5-6-14-19(18(13)17(10-12)28-4)23(25)20-15(27-3)7-8-16(29-11-26-2)21(20)22(14)24/h7-10H,5-6,11H2,1-4H3. The molecule has 150 valence electrons. The van der Waals surface area contributed by atoms with Gasteiger partial charge in [-0.25, -0.2) is 0 Å². The normalized spacial score (nSPS) is 14.9. The van der Waals surface area contributed by atoms with E-state index in [2.05, 4.69) is 0 Å². The zero-order valence-corrected chi connectivity index (χ0v) is 16.9. The molecule has 2 aliphatic rings. The summed E-state index contributed by atoms with van der Waals surface area (Å²) in [6.07, 6.45) is 1.15. The number of hydrogen-bond donors (Lipinski definition) is 0. The van der Waals surface area contributed by atoms with Gasteiger partial charge in [0.2, 0.25) is 0 Å². The topological polar surface area (TPSA) is 71.1 Å². The van der Waals surface area contributed by atoms with Gasteiger partial charge in [-0.3, -0.25) is 9.59 Å². The number of Topliss-reactive ketones (excluding diaryl/α,β-unsaturated/α-hetero) is 2. The molecule has 0 radical (unpaired) electrons. The first-order valence-electron chi connectivity index (χ1n) is 9.35. The van der Waals surface area contributed by atoms with Crippen LogP contribution in [0, 0.1) is 6.92 Å². The van der Waals surface area contributed by atoms with Crippen LogP contribution >= 0.6 is 0 Å². The maximum absolute atomic E-state index is 13.7. The number of aryl methyl sites for hydroxylation is 2. The van der Waals surface area contributed by atoms with Crippen molar-refractivity contribution in [2.45, 2.75) is 19.8 Å². The second-order valence-corrected chi connectivity index (χ2v) is 7.08. The first kappa shape index (κ1) is 19.2. The summed E-state index contributed by atoms with van der Waals surface area (Å²) in [5.74, 6) is 0.787. The quantitative estimate of drug-likeness (QED) is 0.719. The Hall–Kier alpha value is -3.12. The summed E-state index contributed by atoms with van der Waals surface area (Å²) in [5, 5.41) is 0. The highest BCUT2D eigenvalue weighted by molar-refractivity contribution is 6.42. The third-order valence-electron chi connectivity index (χ3n) is 5.38. The lowest BCUT2D eigenvalue weighted by Gasteiger charge is -2.29. The van der Waals surface area contributed by atoms with E-state index in [9.17, 15) is 9.59 Å². The van der Waals surface area contributed by atoms with Crippen molar-refractivity contribution in [3.63, 3.8) is 0 Å². The molecule has 4 rings (SSSR count). The Balaban J connectivity index is 1.98. The summed E-state index contributed by atoms with van der Waals surface area (Å²) in [6.45, 7) is 1.96. The third-order valence-corrected chi connectivity index (χ3v) is 5.38. The molecule has 0 aromatic heterocycles. The van der Waals surface area contributed by atoms with E-state index in [0.717, 1.165) is 11.1 Å². The maximum atomic E-state index is 13.7. The summed E-state index contributed by atoms with van der Waals surface area (Å²) < 4.78 is 21.6. The first-order valence-corrected chi connectivity index (χ1v) is 9.35. The predicted molar refractivity (Wildman–Crippen MR) is 107 cm³/mol. The number of ether oxygens (including phenoxy) is 4. The van der Waals surface area contributed by atoms with Gasteiger partial charge >= 0.3 is 0 Å². The number of allylic oxidation sites excluding steroid dienone is 2. The van der Waals surface area contributed by atoms with Gasteiger partial charge in [-0.05, 0) is 49.1 Å². The fourth-order valence-electron chi connectivity index (χ4n) is 4.18. The molecule has 0 unspecified atom stereocenters. The molecule has 0 bridgehead atoms. The van der Waals surface area contributed by atoms with Crippen LogP contribution in [0.5, 0.6) is 17.2 Å². The Bertz CT molecular complexity index is 1060. The van der Waals surface area contributed by atoms with E-state index in [-0.39, 0.29) is 29.5 Å². The van der Waals surface area contributed by atoms with E-state index in [1.807, 2.05) is 19.1 Å². The SMILES string of the molecule is COCOc1ccc(OC)c2c1C(=O)C1=C(C2=O)c2c(cc(C)cc2OC)CC1. The third kappa shape index (κ3) is 2.91. The second kappa shape index (κ2) is 7.37. The Kier molecular flexibility index (Phi) is 4.88. The van der Waals surface area contributed by atoms with E-state index in [1.54, 1.807) is 19.2 Å². The fraction of sp³-hybridized carbons (Fsp3) is 0.304. The smallest absolute Gasteiger partial charge is 0.198 e. The average Bonchev–Trinajstić information content (AvgIpc) is 2.73. The number of hydrogen-bond acceptors (Lipinski definition) is 6. The number of benzene rings is 2. The van der Waals surface area contributed by atoms with Crippen molar-refractivity contribution in [1.29, 1.82) is 0 Å². The second-order valence-electron chi connectivity index (χ2n) is 7.08. The maximum Gasteiger partial charge on any atom is 0.198 e. The van der Waals surface area contributed by atoms with Crippen molar-refractivity contribution < 1.29 is 28.5 Å². The van der Waals surface area contributed by atoms with Gasteiger partial charge in [0.1, 0.15) is 17.2 Å². The summed E-state index contributed by atoms with van der Waals surface area (Å²) in [4.78, 5) is 27.2. The van der Waals surface area contributed by atoms with Gasteiger partial charge in [0, 0.05) is 23.8 Å². The molecule has 0 spiro atoms. The molecule has 0 amide bonds. The summed E-state index contributed by atoms with van der Waals surface area (Å²) >= 11 is 0.